The van der Waals surface area contributed by atoms with Gasteiger partial charge in [0.2, 0.25) is 0 Å². The Morgan fingerprint density at radius 3 is 0.750 bits per heavy atom. The Bertz CT molecular complexity index is 713. The monoisotopic (exact) mass is 805 g/mol. The van der Waals surface area contributed by atoms with Gasteiger partial charge in [-0.1, -0.05) is 162 Å². The number of carbonyl (C=O) groups is 1. The van der Waals surface area contributed by atoms with Crippen LogP contribution in [0, 0.1) is 0 Å². The van der Waals surface area contributed by atoms with Gasteiger partial charge in [-0.3, -0.25) is 4.79 Å². The number of hydrogen-bond acceptors (Lipinski definition) is 10. The van der Waals surface area contributed by atoms with Crippen molar-refractivity contribution in [3.63, 3.8) is 0 Å². The van der Waals surface area contributed by atoms with E-state index in [4.69, 9.17) is 42.6 Å². The summed E-state index contributed by atoms with van der Waals surface area (Å²) in [6.45, 7) is 13.5. The molecule has 0 heterocycles. The summed E-state index contributed by atoms with van der Waals surface area (Å²) in [6.07, 6.45) is 33.8. The van der Waals surface area contributed by atoms with E-state index < -0.39 is 0 Å². The molecule has 0 bridgehead atoms. The van der Waals surface area contributed by atoms with Crippen molar-refractivity contribution in [3.8, 4) is 0 Å². The van der Waals surface area contributed by atoms with Crippen molar-refractivity contribution in [2.24, 2.45) is 0 Å². The maximum atomic E-state index is 11.8. The Morgan fingerprint density at radius 1 is 0.250 bits per heavy atom. The Labute approximate surface area is 345 Å². The van der Waals surface area contributed by atoms with E-state index in [1.54, 1.807) is 0 Å². The first kappa shape index (κ1) is 55.2. The van der Waals surface area contributed by atoms with Crippen molar-refractivity contribution in [3.05, 3.63) is 0 Å². The first-order valence-corrected chi connectivity index (χ1v) is 23.6. The number of hydrogen-bond donors (Lipinski definition) is 0. The van der Waals surface area contributed by atoms with Crippen LogP contribution in [-0.4, -0.2) is 118 Å². The van der Waals surface area contributed by atoms with Crippen molar-refractivity contribution in [1.29, 1.82) is 0 Å². The van der Waals surface area contributed by atoms with Crippen molar-refractivity contribution < 1.29 is 47.4 Å². The second-order valence-corrected chi connectivity index (χ2v) is 15.0. The summed E-state index contributed by atoms with van der Waals surface area (Å²) in [4.78, 5) is 11.8. The quantitative estimate of drug-likeness (QED) is 0.0436. The molecular formula is C46H92O10. The molecule has 0 saturated carbocycles. The number of carbonyl (C=O) groups excluding carboxylic acids is 1. The summed E-state index contributed by atoms with van der Waals surface area (Å²) in [6, 6.07) is 0. The number of unbranched alkanes of at least 4 members (excludes halogenated alkanes) is 23. The number of esters is 1. The van der Waals surface area contributed by atoms with Crippen molar-refractivity contribution in [1.82, 2.24) is 0 Å². The van der Waals surface area contributed by atoms with Gasteiger partial charge in [0, 0.05) is 13.0 Å². The zero-order chi connectivity index (χ0) is 40.3. The minimum Gasteiger partial charge on any atom is -0.463 e. The Kier molecular flexibility index (Phi) is 51.4. The molecule has 336 valence electrons. The van der Waals surface area contributed by atoms with E-state index >= 15 is 0 Å². The van der Waals surface area contributed by atoms with Gasteiger partial charge < -0.3 is 42.6 Å². The summed E-state index contributed by atoms with van der Waals surface area (Å²) in [7, 11) is 0. The van der Waals surface area contributed by atoms with E-state index in [1.165, 1.54) is 141 Å². The second kappa shape index (κ2) is 52.2. The maximum Gasteiger partial charge on any atom is 0.305 e. The summed E-state index contributed by atoms with van der Waals surface area (Å²) >= 11 is 0. The van der Waals surface area contributed by atoms with Gasteiger partial charge in [-0.15, -0.1) is 0 Å². The lowest BCUT2D eigenvalue weighted by Gasteiger charge is -2.09. The lowest BCUT2D eigenvalue weighted by molar-refractivity contribution is -0.145. The van der Waals surface area contributed by atoms with Gasteiger partial charge >= 0.3 is 5.97 Å². The van der Waals surface area contributed by atoms with Crippen LogP contribution in [0.25, 0.3) is 0 Å². The molecule has 0 spiro atoms. The zero-order valence-corrected chi connectivity index (χ0v) is 37.0. The Hall–Kier alpha value is -0.850. The van der Waals surface area contributed by atoms with E-state index in [-0.39, 0.29) is 5.97 Å². The topological polar surface area (TPSA) is 100 Å². The highest BCUT2D eigenvalue weighted by Crippen LogP contribution is 2.14. The zero-order valence-electron chi connectivity index (χ0n) is 37.0. The van der Waals surface area contributed by atoms with Gasteiger partial charge in [-0.05, 0) is 12.8 Å². The molecule has 0 aromatic carbocycles. The molecule has 0 aliphatic rings. The third-order valence-electron chi connectivity index (χ3n) is 9.72. The van der Waals surface area contributed by atoms with Crippen LogP contribution >= 0.6 is 0 Å². The summed E-state index contributed by atoms with van der Waals surface area (Å²) < 4.78 is 49.6. The molecule has 56 heavy (non-hydrogen) atoms. The molecule has 0 fully saturated rings. The van der Waals surface area contributed by atoms with E-state index in [1.807, 2.05) is 0 Å². The summed E-state index contributed by atoms with van der Waals surface area (Å²) in [5.41, 5.74) is 0. The highest BCUT2D eigenvalue weighted by Gasteiger charge is 2.03. The van der Waals surface area contributed by atoms with E-state index in [0.717, 1.165) is 25.9 Å². The maximum absolute atomic E-state index is 11.8. The third kappa shape index (κ3) is 51.2. The van der Waals surface area contributed by atoms with Gasteiger partial charge in [0.1, 0.15) is 6.61 Å². The molecule has 0 atom stereocenters. The van der Waals surface area contributed by atoms with Gasteiger partial charge in [0.25, 0.3) is 0 Å². The molecule has 10 nitrogen and oxygen atoms in total. The first-order valence-electron chi connectivity index (χ1n) is 23.6. The summed E-state index contributed by atoms with van der Waals surface area (Å²) in [5, 5.41) is 0. The highest BCUT2D eigenvalue weighted by atomic mass is 16.6. The smallest absolute Gasteiger partial charge is 0.305 e. The molecule has 0 N–H and O–H groups in total. The first-order chi connectivity index (χ1) is 27.8. The van der Waals surface area contributed by atoms with Crippen LogP contribution in [0.1, 0.15) is 181 Å². The molecular weight excluding hydrogens is 712 g/mol. The molecule has 0 aromatic rings. The molecule has 0 saturated heterocycles. The van der Waals surface area contributed by atoms with Crippen LogP contribution in [0.5, 0.6) is 0 Å². The van der Waals surface area contributed by atoms with E-state index in [2.05, 4.69) is 13.8 Å². The van der Waals surface area contributed by atoms with Crippen LogP contribution < -0.4 is 0 Å². The predicted octanol–water partition coefficient (Wildman–Crippen LogP) is 10.8. The van der Waals surface area contributed by atoms with E-state index in [9.17, 15) is 4.79 Å². The van der Waals surface area contributed by atoms with Crippen LogP contribution in [0.4, 0.5) is 0 Å². The number of ether oxygens (including phenoxy) is 9. The van der Waals surface area contributed by atoms with Crippen molar-refractivity contribution >= 4 is 5.97 Å². The van der Waals surface area contributed by atoms with Crippen LogP contribution in [-0.2, 0) is 47.4 Å². The van der Waals surface area contributed by atoms with Gasteiger partial charge in [-0.25, -0.2) is 0 Å². The third-order valence-corrected chi connectivity index (χ3v) is 9.72. The fourth-order valence-corrected chi connectivity index (χ4v) is 6.26. The fraction of sp³-hybridized carbons (Fsp3) is 0.978. The highest BCUT2D eigenvalue weighted by molar-refractivity contribution is 5.69. The summed E-state index contributed by atoms with van der Waals surface area (Å²) in [5.74, 6) is -0.129. The molecule has 0 rings (SSSR count). The van der Waals surface area contributed by atoms with Gasteiger partial charge in [-0.2, -0.15) is 0 Å². The average molecular weight is 805 g/mol. The van der Waals surface area contributed by atoms with Gasteiger partial charge in [0.15, 0.2) is 0 Å². The molecule has 0 unspecified atom stereocenters. The van der Waals surface area contributed by atoms with Crippen molar-refractivity contribution in [2.45, 2.75) is 181 Å². The molecule has 0 amide bonds. The average Bonchev–Trinajstić information content (AvgIpc) is 3.20. The van der Waals surface area contributed by atoms with Gasteiger partial charge in [0.05, 0.1) is 99.1 Å². The minimum atomic E-state index is -0.129. The van der Waals surface area contributed by atoms with Crippen LogP contribution in [0.15, 0.2) is 0 Å². The lowest BCUT2D eigenvalue weighted by Crippen LogP contribution is -2.15. The predicted molar refractivity (Wildman–Crippen MR) is 229 cm³/mol. The molecule has 0 aromatic heterocycles. The largest absolute Gasteiger partial charge is 0.463 e. The number of rotatable bonds is 51. The molecule has 0 aliphatic carbocycles. The van der Waals surface area contributed by atoms with Crippen molar-refractivity contribution in [2.75, 3.05) is 112 Å². The molecule has 0 radical (unpaired) electrons. The normalized spacial score (nSPS) is 11.5. The van der Waals surface area contributed by atoms with Crippen LogP contribution in [0.3, 0.4) is 0 Å². The molecule has 0 aliphatic heterocycles. The second-order valence-electron chi connectivity index (χ2n) is 15.0. The van der Waals surface area contributed by atoms with E-state index in [0.29, 0.717) is 112 Å². The lowest BCUT2D eigenvalue weighted by atomic mass is 10.0. The standard InChI is InChI=1S/C46H92O10/c1-3-5-7-9-11-13-14-15-16-17-18-19-21-23-25-27-29-48-30-31-49-32-33-50-34-35-51-36-37-52-38-39-53-40-41-54-42-43-55-44-45-56-46(47)28-26-24-22-20-12-10-8-6-4-2/h3-45H2,1-2H3. The SMILES string of the molecule is CCCCCCCCCCCCCCCCCCOCCOCCOCCOCCOCCOCCOCCOCCOC(=O)CCCCCCCCCCC. The fourth-order valence-electron chi connectivity index (χ4n) is 6.26. The Morgan fingerprint density at radius 2 is 0.464 bits per heavy atom. The van der Waals surface area contributed by atoms with Crippen LogP contribution in [0.2, 0.25) is 0 Å². The molecule has 10 heteroatoms. The minimum absolute atomic E-state index is 0.129. The Balaban J connectivity index is 3.10.